The first-order chi connectivity index (χ1) is 6.86. The average Bonchev–Trinajstić information content (AvgIpc) is 2.62. The number of rotatable bonds is 3. The first kappa shape index (κ1) is 8.74. The fourth-order valence-corrected chi connectivity index (χ4v) is 1.42. The number of aromatic amines is 1. The zero-order chi connectivity index (χ0) is 9.97. The van der Waals surface area contributed by atoms with Gasteiger partial charge in [0.2, 0.25) is 0 Å². The number of carbonyl (C=O) groups excluding carboxylic acids is 1. The minimum atomic E-state index is 0.572. The molecule has 4 heteroatoms. The smallest absolute Gasteiger partial charge is 0.152 e. The Labute approximate surface area is 80.9 Å². The van der Waals surface area contributed by atoms with Gasteiger partial charge in [-0.2, -0.15) is 0 Å². The van der Waals surface area contributed by atoms with Crippen molar-refractivity contribution in [3.63, 3.8) is 0 Å². The SMILES string of the molecule is CCOc1ccnc2[nH]cc(C=O)c12. The number of aromatic nitrogens is 2. The summed E-state index contributed by atoms with van der Waals surface area (Å²) in [4.78, 5) is 17.7. The van der Waals surface area contributed by atoms with E-state index in [4.69, 9.17) is 4.74 Å². The number of nitrogens with one attached hydrogen (secondary N) is 1. The third-order valence-electron chi connectivity index (χ3n) is 1.99. The number of H-pyrrole nitrogens is 1. The van der Waals surface area contributed by atoms with Gasteiger partial charge in [-0.1, -0.05) is 0 Å². The van der Waals surface area contributed by atoms with E-state index in [2.05, 4.69) is 9.97 Å². The molecule has 2 aromatic rings. The number of aldehydes is 1. The fourth-order valence-electron chi connectivity index (χ4n) is 1.42. The predicted octanol–water partition coefficient (Wildman–Crippen LogP) is 1.77. The molecule has 0 unspecified atom stereocenters. The maximum absolute atomic E-state index is 10.7. The topological polar surface area (TPSA) is 55.0 Å². The van der Waals surface area contributed by atoms with Crippen LogP contribution in [-0.4, -0.2) is 22.9 Å². The van der Waals surface area contributed by atoms with Gasteiger partial charge in [0.05, 0.1) is 12.0 Å². The van der Waals surface area contributed by atoms with Crippen molar-refractivity contribution >= 4 is 17.3 Å². The first-order valence-electron chi connectivity index (χ1n) is 4.41. The van der Waals surface area contributed by atoms with Gasteiger partial charge in [-0.15, -0.1) is 0 Å². The second-order valence-corrected chi connectivity index (χ2v) is 2.83. The summed E-state index contributed by atoms with van der Waals surface area (Å²) in [5, 5.41) is 0.754. The second kappa shape index (κ2) is 3.49. The molecular formula is C10H10N2O2. The molecule has 0 aliphatic carbocycles. The summed E-state index contributed by atoms with van der Waals surface area (Å²) in [6, 6.07) is 1.76. The quantitative estimate of drug-likeness (QED) is 0.750. The van der Waals surface area contributed by atoms with E-state index in [0.29, 0.717) is 23.6 Å². The molecule has 2 rings (SSSR count). The minimum absolute atomic E-state index is 0.572. The average molecular weight is 190 g/mol. The largest absolute Gasteiger partial charge is 0.493 e. The van der Waals surface area contributed by atoms with Crippen LogP contribution in [0.25, 0.3) is 11.0 Å². The van der Waals surface area contributed by atoms with E-state index in [0.717, 1.165) is 11.7 Å². The molecule has 0 aliphatic heterocycles. The maximum atomic E-state index is 10.7. The number of nitrogens with zero attached hydrogens (tertiary/aromatic N) is 1. The van der Waals surface area contributed by atoms with Crippen molar-refractivity contribution in [1.29, 1.82) is 0 Å². The van der Waals surface area contributed by atoms with E-state index < -0.39 is 0 Å². The van der Waals surface area contributed by atoms with Gasteiger partial charge in [0, 0.05) is 18.0 Å². The van der Waals surface area contributed by atoms with Crippen LogP contribution < -0.4 is 4.74 Å². The highest BCUT2D eigenvalue weighted by Crippen LogP contribution is 2.25. The summed E-state index contributed by atoms with van der Waals surface area (Å²) in [5.74, 6) is 0.695. The summed E-state index contributed by atoms with van der Waals surface area (Å²) in [6.07, 6.45) is 4.08. The fraction of sp³-hybridized carbons (Fsp3) is 0.200. The van der Waals surface area contributed by atoms with Crippen molar-refractivity contribution in [2.75, 3.05) is 6.61 Å². The molecule has 0 amide bonds. The molecule has 0 atom stereocenters. The van der Waals surface area contributed by atoms with Crippen LogP contribution in [0.4, 0.5) is 0 Å². The van der Waals surface area contributed by atoms with E-state index >= 15 is 0 Å². The lowest BCUT2D eigenvalue weighted by molar-refractivity contribution is 0.112. The molecular weight excluding hydrogens is 180 g/mol. The van der Waals surface area contributed by atoms with Crippen molar-refractivity contribution in [2.45, 2.75) is 6.92 Å². The molecule has 0 aliphatic rings. The lowest BCUT2D eigenvalue weighted by Crippen LogP contribution is -1.93. The molecule has 0 spiro atoms. The normalized spacial score (nSPS) is 10.4. The number of carbonyl (C=O) groups is 1. The Morgan fingerprint density at radius 1 is 1.64 bits per heavy atom. The molecule has 1 N–H and O–H groups in total. The third-order valence-corrected chi connectivity index (χ3v) is 1.99. The van der Waals surface area contributed by atoms with Gasteiger partial charge in [-0.25, -0.2) is 4.98 Å². The molecule has 2 heterocycles. The van der Waals surface area contributed by atoms with Crippen LogP contribution >= 0.6 is 0 Å². The highest BCUT2D eigenvalue weighted by Gasteiger charge is 2.09. The Bertz CT molecular complexity index is 462. The van der Waals surface area contributed by atoms with E-state index in [1.807, 2.05) is 6.92 Å². The van der Waals surface area contributed by atoms with Crippen LogP contribution in [0.2, 0.25) is 0 Å². The van der Waals surface area contributed by atoms with Crippen molar-refractivity contribution < 1.29 is 9.53 Å². The highest BCUT2D eigenvalue weighted by molar-refractivity contribution is 5.99. The number of ether oxygens (including phenoxy) is 1. The molecule has 0 bridgehead atoms. The van der Waals surface area contributed by atoms with Crippen molar-refractivity contribution in [3.05, 3.63) is 24.0 Å². The Morgan fingerprint density at radius 2 is 2.50 bits per heavy atom. The van der Waals surface area contributed by atoms with Gasteiger partial charge in [-0.05, 0) is 13.0 Å². The van der Waals surface area contributed by atoms with E-state index in [1.165, 1.54) is 0 Å². The van der Waals surface area contributed by atoms with Crippen LogP contribution in [0, 0.1) is 0 Å². The number of fused-ring (bicyclic) bond motifs is 1. The maximum Gasteiger partial charge on any atom is 0.152 e. The van der Waals surface area contributed by atoms with E-state index in [-0.39, 0.29) is 0 Å². The van der Waals surface area contributed by atoms with Crippen LogP contribution in [0.1, 0.15) is 17.3 Å². The van der Waals surface area contributed by atoms with Crippen molar-refractivity contribution in [2.24, 2.45) is 0 Å². The van der Waals surface area contributed by atoms with Gasteiger partial charge in [-0.3, -0.25) is 4.79 Å². The molecule has 2 aromatic heterocycles. The minimum Gasteiger partial charge on any atom is -0.493 e. The Balaban J connectivity index is 2.68. The van der Waals surface area contributed by atoms with Crippen LogP contribution in [0.3, 0.4) is 0 Å². The Kier molecular flexibility index (Phi) is 2.18. The van der Waals surface area contributed by atoms with Crippen molar-refractivity contribution in [1.82, 2.24) is 9.97 Å². The van der Waals surface area contributed by atoms with Gasteiger partial charge < -0.3 is 9.72 Å². The zero-order valence-electron chi connectivity index (χ0n) is 7.78. The molecule has 0 aromatic carbocycles. The first-order valence-corrected chi connectivity index (χ1v) is 4.41. The molecule has 72 valence electrons. The number of pyridine rings is 1. The zero-order valence-corrected chi connectivity index (χ0v) is 7.78. The van der Waals surface area contributed by atoms with Crippen LogP contribution in [0.5, 0.6) is 5.75 Å². The molecule has 0 fully saturated rings. The summed E-state index contributed by atoms with van der Waals surface area (Å²) in [6.45, 7) is 2.47. The standard InChI is InChI=1S/C10H10N2O2/c1-2-14-8-3-4-11-10-9(8)7(6-13)5-12-10/h3-6H,2H2,1H3,(H,11,12). The summed E-state index contributed by atoms with van der Waals surface area (Å²) >= 11 is 0. The van der Waals surface area contributed by atoms with Crippen LogP contribution in [-0.2, 0) is 0 Å². The summed E-state index contributed by atoms with van der Waals surface area (Å²) in [5.41, 5.74) is 1.26. The molecule has 14 heavy (non-hydrogen) atoms. The third kappa shape index (κ3) is 1.25. The summed E-state index contributed by atoms with van der Waals surface area (Å²) < 4.78 is 5.40. The number of hydrogen-bond donors (Lipinski definition) is 1. The van der Waals surface area contributed by atoms with E-state index in [1.54, 1.807) is 18.5 Å². The van der Waals surface area contributed by atoms with Gasteiger partial charge in [0.15, 0.2) is 6.29 Å². The lowest BCUT2D eigenvalue weighted by Gasteiger charge is -2.03. The van der Waals surface area contributed by atoms with Gasteiger partial charge in [0.25, 0.3) is 0 Å². The molecule has 0 radical (unpaired) electrons. The van der Waals surface area contributed by atoms with Gasteiger partial charge in [0.1, 0.15) is 11.4 Å². The Morgan fingerprint density at radius 3 is 3.21 bits per heavy atom. The Hall–Kier alpha value is -1.84. The molecule has 0 saturated heterocycles. The molecule has 4 nitrogen and oxygen atoms in total. The lowest BCUT2D eigenvalue weighted by atomic mass is 10.2. The monoisotopic (exact) mass is 190 g/mol. The van der Waals surface area contributed by atoms with Gasteiger partial charge >= 0.3 is 0 Å². The summed E-state index contributed by atoms with van der Waals surface area (Å²) in [7, 11) is 0. The molecule has 0 saturated carbocycles. The predicted molar refractivity (Wildman–Crippen MR) is 52.7 cm³/mol. The van der Waals surface area contributed by atoms with Crippen molar-refractivity contribution in [3.8, 4) is 5.75 Å². The number of hydrogen-bond acceptors (Lipinski definition) is 3. The second-order valence-electron chi connectivity index (χ2n) is 2.83. The highest BCUT2D eigenvalue weighted by atomic mass is 16.5. The van der Waals surface area contributed by atoms with E-state index in [9.17, 15) is 4.79 Å². The van der Waals surface area contributed by atoms with Crippen LogP contribution in [0.15, 0.2) is 18.5 Å².